The minimum atomic E-state index is -1.30. The van der Waals surface area contributed by atoms with Gasteiger partial charge >= 0.3 is 0 Å². The summed E-state index contributed by atoms with van der Waals surface area (Å²) in [4.78, 5) is 22.8. The zero-order valence-corrected chi connectivity index (χ0v) is 40.6. The molecule has 0 atom stereocenters. The van der Waals surface area contributed by atoms with E-state index in [-0.39, 0.29) is 11.1 Å². The molecule has 0 radical (unpaired) electrons. The molecule has 0 aliphatic carbocycles. The SMILES string of the molecule is CCCCCCCCCCCCCCCC[N+](C)(C)C.CCCCCCCCCCCCCCCC[N+](C)(C)C.O=C([O-])c1ccccc1Sc1ccccc1C(=O)[O-]. The van der Waals surface area contributed by atoms with Crippen LogP contribution < -0.4 is 10.2 Å². The van der Waals surface area contributed by atoms with Crippen LogP contribution in [0.15, 0.2) is 58.3 Å². The van der Waals surface area contributed by atoms with Crippen molar-refractivity contribution in [3.8, 4) is 0 Å². The number of carboxylic acids is 2. The first-order valence-electron chi connectivity index (χ1n) is 24.1. The lowest BCUT2D eigenvalue weighted by Gasteiger charge is -2.23. The molecular weight excluding hydrogens is 749 g/mol. The number of aromatic carboxylic acids is 2. The van der Waals surface area contributed by atoms with E-state index in [1.807, 2.05) is 0 Å². The molecule has 0 aliphatic rings. The molecule has 0 heterocycles. The zero-order valence-electron chi connectivity index (χ0n) is 39.8. The fraction of sp³-hybridized carbons (Fsp3) is 0.731. The first-order chi connectivity index (χ1) is 28.2. The standard InChI is InChI=1S/2C19H42N.C14H10O4S/c2*1-5-6-7-8-9-10-11-12-13-14-15-16-17-18-19-20(2,3)4;15-13(16)9-5-1-3-7-11(9)19-12-8-4-2-6-10(12)14(17)18/h2*5-19H2,1-4H3;1-8H,(H,15,16)(H,17,18)/q2*+1;/p-2. The highest BCUT2D eigenvalue weighted by molar-refractivity contribution is 7.99. The van der Waals surface area contributed by atoms with Crippen molar-refractivity contribution in [2.24, 2.45) is 0 Å². The number of carbonyl (C=O) groups is 2. The van der Waals surface area contributed by atoms with Gasteiger partial charge in [-0.3, -0.25) is 0 Å². The van der Waals surface area contributed by atoms with Crippen LogP contribution in [0.1, 0.15) is 214 Å². The Morgan fingerprint density at radius 3 is 0.831 bits per heavy atom. The van der Waals surface area contributed by atoms with Crippen LogP contribution in [-0.4, -0.2) is 76.3 Å². The van der Waals surface area contributed by atoms with E-state index >= 15 is 0 Å². The number of quaternary nitrogens is 2. The van der Waals surface area contributed by atoms with E-state index in [2.05, 4.69) is 56.1 Å². The van der Waals surface area contributed by atoms with Crippen molar-refractivity contribution in [1.82, 2.24) is 0 Å². The largest absolute Gasteiger partial charge is 0.545 e. The van der Waals surface area contributed by atoms with Gasteiger partial charge in [-0.25, -0.2) is 0 Å². The average molecular weight is 841 g/mol. The molecule has 59 heavy (non-hydrogen) atoms. The van der Waals surface area contributed by atoms with Gasteiger partial charge in [0.05, 0.1) is 67.3 Å². The van der Waals surface area contributed by atoms with E-state index in [1.54, 1.807) is 36.4 Å². The number of benzene rings is 2. The van der Waals surface area contributed by atoms with Crippen molar-refractivity contribution in [2.75, 3.05) is 55.4 Å². The highest BCUT2D eigenvalue weighted by atomic mass is 32.2. The first kappa shape index (κ1) is 56.6. The van der Waals surface area contributed by atoms with Crippen molar-refractivity contribution in [2.45, 2.75) is 203 Å². The topological polar surface area (TPSA) is 80.3 Å². The quantitative estimate of drug-likeness (QED) is 0.0518. The molecule has 0 fully saturated rings. The molecule has 340 valence electrons. The van der Waals surface area contributed by atoms with E-state index in [0.717, 1.165) is 20.7 Å². The molecule has 7 heteroatoms. The predicted molar refractivity (Wildman–Crippen MR) is 252 cm³/mol. The maximum Gasteiger partial charge on any atom is 0.0780 e. The van der Waals surface area contributed by atoms with Crippen molar-refractivity contribution in [3.63, 3.8) is 0 Å². The van der Waals surface area contributed by atoms with Crippen molar-refractivity contribution < 1.29 is 28.8 Å². The van der Waals surface area contributed by atoms with Crippen molar-refractivity contribution in [1.29, 1.82) is 0 Å². The summed E-state index contributed by atoms with van der Waals surface area (Å²) >= 11 is 1.06. The summed E-state index contributed by atoms with van der Waals surface area (Å²) in [5.41, 5.74) is 0.0568. The number of rotatable bonds is 34. The molecule has 0 amide bonds. The summed E-state index contributed by atoms with van der Waals surface area (Å²) < 4.78 is 2.25. The summed E-state index contributed by atoms with van der Waals surface area (Å²) in [6.45, 7) is 7.25. The van der Waals surface area contributed by atoms with Gasteiger partial charge in [0, 0.05) is 20.9 Å². The highest BCUT2D eigenvalue weighted by Crippen LogP contribution is 2.32. The van der Waals surface area contributed by atoms with E-state index in [9.17, 15) is 19.8 Å². The molecule has 0 aliphatic heterocycles. The third-order valence-corrected chi connectivity index (χ3v) is 12.0. The predicted octanol–water partition coefficient (Wildman–Crippen LogP) is 12.9. The summed E-state index contributed by atoms with van der Waals surface area (Å²) in [5, 5.41) is 22.0. The maximum absolute atomic E-state index is 11.0. The molecule has 0 saturated carbocycles. The smallest absolute Gasteiger partial charge is 0.0780 e. The second kappa shape index (κ2) is 37.4. The van der Waals surface area contributed by atoms with Crippen LogP contribution in [0, 0.1) is 0 Å². The number of carboxylic acid groups (broad SMARTS) is 2. The summed E-state index contributed by atoms with van der Waals surface area (Å²) in [6, 6.07) is 12.6. The van der Waals surface area contributed by atoms with E-state index in [4.69, 9.17) is 0 Å². The third-order valence-electron chi connectivity index (χ3n) is 10.8. The van der Waals surface area contributed by atoms with Crippen molar-refractivity contribution in [3.05, 3.63) is 59.7 Å². The second-order valence-corrected chi connectivity index (χ2v) is 20.0. The van der Waals surface area contributed by atoms with Crippen LogP contribution in [-0.2, 0) is 0 Å². The van der Waals surface area contributed by atoms with E-state index < -0.39 is 11.9 Å². The Labute approximate surface area is 369 Å². The lowest BCUT2D eigenvalue weighted by atomic mass is 10.0. The Bertz CT molecular complexity index is 1190. The van der Waals surface area contributed by atoms with Crippen LogP contribution in [0.2, 0.25) is 0 Å². The van der Waals surface area contributed by atoms with Crippen molar-refractivity contribution >= 4 is 23.7 Å². The zero-order chi connectivity index (χ0) is 44.0. The minimum Gasteiger partial charge on any atom is -0.545 e. The number of nitrogens with zero attached hydrogens (tertiary/aromatic N) is 2. The van der Waals surface area contributed by atoms with Gasteiger partial charge in [-0.1, -0.05) is 216 Å². The fourth-order valence-corrected chi connectivity index (χ4v) is 8.18. The fourth-order valence-electron chi connectivity index (χ4n) is 7.13. The molecular formula is C52H92N2O4S. The molecule has 0 N–H and O–H groups in total. The molecule has 2 aromatic carbocycles. The summed E-state index contributed by atoms with van der Waals surface area (Å²) in [5.74, 6) is -2.59. The van der Waals surface area contributed by atoms with Crippen LogP contribution in [0.4, 0.5) is 0 Å². The molecule has 6 nitrogen and oxygen atoms in total. The van der Waals surface area contributed by atoms with Gasteiger partial charge in [-0.2, -0.15) is 0 Å². The number of hydrogen-bond acceptors (Lipinski definition) is 5. The summed E-state index contributed by atoms with van der Waals surface area (Å²) in [7, 11) is 13.8. The molecule has 0 saturated heterocycles. The van der Waals surface area contributed by atoms with Gasteiger partial charge in [0.1, 0.15) is 0 Å². The molecule has 2 rings (SSSR count). The lowest BCUT2D eigenvalue weighted by Crippen LogP contribution is -2.35. The summed E-state index contributed by atoms with van der Waals surface area (Å²) in [6.07, 6.45) is 40.7. The maximum atomic E-state index is 11.0. The molecule has 0 unspecified atom stereocenters. The van der Waals surface area contributed by atoms with Gasteiger partial charge in [0.2, 0.25) is 0 Å². The monoisotopic (exact) mass is 841 g/mol. The molecule has 0 spiro atoms. The first-order valence-corrected chi connectivity index (χ1v) is 24.9. The van der Waals surface area contributed by atoms with Gasteiger partial charge in [0.15, 0.2) is 0 Å². The van der Waals surface area contributed by atoms with Gasteiger partial charge in [-0.05, 0) is 37.8 Å². The molecule has 0 bridgehead atoms. The van der Waals surface area contributed by atoms with Gasteiger partial charge < -0.3 is 28.8 Å². The normalized spacial score (nSPS) is 11.4. The molecule has 0 aromatic heterocycles. The van der Waals surface area contributed by atoms with E-state index in [0.29, 0.717) is 9.79 Å². The van der Waals surface area contributed by atoms with Crippen LogP contribution in [0.25, 0.3) is 0 Å². The Morgan fingerprint density at radius 2 is 0.610 bits per heavy atom. The van der Waals surface area contributed by atoms with Crippen LogP contribution in [0.5, 0.6) is 0 Å². The number of hydrogen-bond donors (Lipinski definition) is 0. The van der Waals surface area contributed by atoms with Crippen LogP contribution >= 0.6 is 11.8 Å². The lowest BCUT2D eigenvalue weighted by molar-refractivity contribution is -0.870. The minimum absolute atomic E-state index is 0.0284. The average Bonchev–Trinajstić information content (AvgIpc) is 3.18. The second-order valence-electron chi connectivity index (χ2n) is 18.9. The Hall–Kier alpha value is -2.35. The third kappa shape index (κ3) is 37.2. The van der Waals surface area contributed by atoms with E-state index in [1.165, 1.54) is 205 Å². The number of unbranched alkanes of at least 4 members (excludes halogenated alkanes) is 26. The molecule has 2 aromatic rings. The highest BCUT2D eigenvalue weighted by Gasteiger charge is 2.09. The Kier molecular flexibility index (Phi) is 35.9. The van der Waals surface area contributed by atoms with Gasteiger partial charge in [-0.15, -0.1) is 0 Å². The van der Waals surface area contributed by atoms with Crippen LogP contribution in [0.3, 0.4) is 0 Å². The van der Waals surface area contributed by atoms with Gasteiger partial charge in [0.25, 0.3) is 0 Å². The number of carbonyl (C=O) groups excluding carboxylic acids is 2. The Morgan fingerprint density at radius 1 is 0.390 bits per heavy atom. The Balaban J connectivity index is 0.000000855.